The lowest BCUT2D eigenvalue weighted by atomic mass is 10.0. The van der Waals surface area contributed by atoms with Crippen molar-refractivity contribution in [3.05, 3.63) is 67.6 Å². The molecule has 0 spiro atoms. The molecule has 7 heteroatoms. The molecule has 0 aliphatic heterocycles. The number of hydrogen-bond acceptors (Lipinski definition) is 3. The van der Waals surface area contributed by atoms with Gasteiger partial charge in [0.1, 0.15) is 5.69 Å². The summed E-state index contributed by atoms with van der Waals surface area (Å²) in [5, 5.41) is 9.89. The molecule has 2 heterocycles. The Balaban J connectivity index is 2.41. The predicted octanol–water partition coefficient (Wildman–Crippen LogP) is 2.45. The molecule has 0 aliphatic carbocycles. The van der Waals surface area contributed by atoms with E-state index in [1.165, 1.54) is 11.6 Å². The molecule has 2 aromatic heterocycles. The molecule has 0 amide bonds. The molecule has 0 fully saturated rings. The molecule has 0 saturated carbocycles. The molecule has 27 heavy (non-hydrogen) atoms. The SMILES string of the molecule is Cc1cccc(C)c1Cn1cc2c(c1C(=O)O)c(=O)n(C)c(=O)n2C(C)C. The van der Waals surface area contributed by atoms with Gasteiger partial charge in [0, 0.05) is 25.8 Å². The average molecular weight is 369 g/mol. The van der Waals surface area contributed by atoms with Crippen LogP contribution in [0.15, 0.2) is 34.0 Å². The summed E-state index contributed by atoms with van der Waals surface area (Å²) in [7, 11) is 1.37. The number of benzene rings is 1. The van der Waals surface area contributed by atoms with Gasteiger partial charge in [-0.2, -0.15) is 0 Å². The van der Waals surface area contributed by atoms with Gasteiger partial charge in [-0.05, 0) is 44.4 Å². The third-order valence-corrected chi connectivity index (χ3v) is 5.02. The van der Waals surface area contributed by atoms with Gasteiger partial charge in [-0.1, -0.05) is 18.2 Å². The van der Waals surface area contributed by atoms with Crippen LogP contribution >= 0.6 is 0 Å². The Bertz CT molecular complexity index is 1160. The highest BCUT2D eigenvalue weighted by Gasteiger charge is 2.24. The van der Waals surface area contributed by atoms with Crippen LogP contribution in [-0.4, -0.2) is 24.8 Å². The topological polar surface area (TPSA) is 86.2 Å². The number of rotatable bonds is 4. The molecular formula is C20H23N3O4. The van der Waals surface area contributed by atoms with E-state index in [-0.39, 0.29) is 17.1 Å². The minimum Gasteiger partial charge on any atom is -0.477 e. The maximum Gasteiger partial charge on any atom is 0.353 e. The highest BCUT2D eigenvalue weighted by Crippen LogP contribution is 2.23. The maximum atomic E-state index is 12.7. The van der Waals surface area contributed by atoms with Gasteiger partial charge in [0.05, 0.1) is 10.9 Å². The van der Waals surface area contributed by atoms with E-state index in [1.54, 1.807) is 10.8 Å². The van der Waals surface area contributed by atoms with Crippen LogP contribution in [0, 0.1) is 13.8 Å². The van der Waals surface area contributed by atoms with E-state index in [0.29, 0.717) is 12.1 Å². The number of hydrogen-bond donors (Lipinski definition) is 1. The second-order valence-electron chi connectivity index (χ2n) is 7.15. The van der Waals surface area contributed by atoms with Crippen LogP contribution in [0.5, 0.6) is 0 Å². The first-order chi connectivity index (χ1) is 12.6. The van der Waals surface area contributed by atoms with E-state index >= 15 is 0 Å². The number of aromatic carboxylic acids is 1. The van der Waals surface area contributed by atoms with Gasteiger partial charge < -0.3 is 9.67 Å². The first-order valence-corrected chi connectivity index (χ1v) is 8.77. The standard InChI is InChI=1S/C20H23N3O4/c1-11(2)23-15-10-22(9-14-12(3)7-6-8-13(14)4)17(19(25)26)16(15)18(24)21(5)20(23)27/h6-8,10-11H,9H2,1-5H3,(H,25,26). The summed E-state index contributed by atoms with van der Waals surface area (Å²) in [5.74, 6) is -1.19. The maximum absolute atomic E-state index is 12.7. The molecule has 0 unspecified atom stereocenters. The van der Waals surface area contributed by atoms with E-state index in [9.17, 15) is 19.5 Å². The molecular weight excluding hydrogens is 346 g/mol. The van der Waals surface area contributed by atoms with Crippen molar-refractivity contribution in [3.63, 3.8) is 0 Å². The molecule has 1 N–H and O–H groups in total. The summed E-state index contributed by atoms with van der Waals surface area (Å²) in [6.45, 7) is 7.90. The van der Waals surface area contributed by atoms with Crippen LogP contribution in [0.25, 0.3) is 10.9 Å². The van der Waals surface area contributed by atoms with Gasteiger partial charge >= 0.3 is 11.7 Å². The van der Waals surface area contributed by atoms with Crippen molar-refractivity contribution < 1.29 is 9.90 Å². The lowest BCUT2D eigenvalue weighted by molar-refractivity contribution is 0.0688. The highest BCUT2D eigenvalue weighted by molar-refractivity contribution is 6.01. The van der Waals surface area contributed by atoms with E-state index in [0.717, 1.165) is 21.3 Å². The number of carboxylic acids is 1. The summed E-state index contributed by atoms with van der Waals surface area (Å²) in [6, 6.07) is 5.67. The summed E-state index contributed by atoms with van der Waals surface area (Å²) in [6.07, 6.45) is 1.60. The Morgan fingerprint density at radius 3 is 2.26 bits per heavy atom. The number of aryl methyl sites for hydroxylation is 2. The van der Waals surface area contributed by atoms with Crippen molar-refractivity contribution >= 4 is 16.9 Å². The molecule has 3 aromatic rings. The number of nitrogens with zero attached hydrogens (tertiary/aromatic N) is 3. The summed E-state index contributed by atoms with van der Waals surface area (Å²) < 4.78 is 3.99. The van der Waals surface area contributed by atoms with Crippen molar-refractivity contribution in [1.82, 2.24) is 13.7 Å². The van der Waals surface area contributed by atoms with Gasteiger partial charge in [0.15, 0.2) is 0 Å². The van der Waals surface area contributed by atoms with Gasteiger partial charge in [0.25, 0.3) is 5.56 Å². The molecule has 0 bridgehead atoms. The second kappa shape index (κ2) is 6.57. The Kier molecular flexibility index (Phi) is 4.55. The summed E-state index contributed by atoms with van der Waals surface area (Å²) >= 11 is 0. The van der Waals surface area contributed by atoms with Crippen LogP contribution in [-0.2, 0) is 13.6 Å². The van der Waals surface area contributed by atoms with Crippen molar-refractivity contribution in [1.29, 1.82) is 0 Å². The zero-order valence-electron chi connectivity index (χ0n) is 16.1. The van der Waals surface area contributed by atoms with Crippen molar-refractivity contribution in [2.45, 2.75) is 40.3 Å². The molecule has 7 nitrogen and oxygen atoms in total. The van der Waals surface area contributed by atoms with Gasteiger partial charge in [-0.3, -0.25) is 13.9 Å². The average Bonchev–Trinajstić information content (AvgIpc) is 2.95. The van der Waals surface area contributed by atoms with Crippen molar-refractivity contribution in [2.24, 2.45) is 7.05 Å². The zero-order valence-corrected chi connectivity index (χ0v) is 16.1. The van der Waals surface area contributed by atoms with Crippen LogP contribution in [0.3, 0.4) is 0 Å². The van der Waals surface area contributed by atoms with Crippen molar-refractivity contribution in [2.75, 3.05) is 0 Å². The zero-order chi connectivity index (χ0) is 20.0. The Hall–Kier alpha value is -3.09. The molecule has 0 saturated heterocycles. The fraction of sp³-hybridized carbons (Fsp3) is 0.350. The van der Waals surface area contributed by atoms with E-state index in [1.807, 2.05) is 45.9 Å². The summed E-state index contributed by atoms with van der Waals surface area (Å²) in [4.78, 5) is 37.3. The normalized spacial score (nSPS) is 11.5. The third kappa shape index (κ3) is 2.89. The number of carboxylic acid groups (broad SMARTS) is 1. The lowest BCUT2D eigenvalue weighted by Crippen LogP contribution is -2.38. The van der Waals surface area contributed by atoms with Crippen LogP contribution in [0.1, 0.15) is 47.1 Å². The minimum atomic E-state index is -1.19. The van der Waals surface area contributed by atoms with E-state index in [2.05, 4.69) is 0 Å². The summed E-state index contributed by atoms with van der Waals surface area (Å²) in [5.41, 5.74) is 2.28. The Morgan fingerprint density at radius 1 is 1.15 bits per heavy atom. The van der Waals surface area contributed by atoms with Crippen LogP contribution < -0.4 is 11.2 Å². The van der Waals surface area contributed by atoms with Gasteiger partial charge in [-0.15, -0.1) is 0 Å². The van der Waals surface area contributed by atoms with Gasteiger partial charge in [-0.25, -0.2) is 9.59 Å². The number of aromatic nitrogens is 3. The third-order valence-electron chi connectivity index (χ3n) is 5.02. The quantitative estimate of drug-likeness (QED) is 0.765. The fourth-order valence-electron chi connectivity index (χ4n) is 3.58. The fourth-order valence-corrected chi connectivity index (χ4v) is 3.58. The largest absolute Gasteiger partial charge is 0.477 e. The first kappa shape index (κ1) is 18.7. The van der Waals surface area contributed by atoms with Crippen LogP contribution in [0.4, 0.5) is 0 Å². The Labute approximate surface area is 156 Å². The minimum absolute atomic E-state index is 0.0598. The molecule has 142 valence electrons. The monoisotopic (exact) mass is 369 g/mol. The predicted molar refractivity (Wildman–Crippen MR) is 104 cm³/mol. The number of carbonyl (C=O) groups is 1. The Morgan fingerprint density at radius 2 is 1.74 bits per heavy atom. The number of fused-ring (bicyclic) bond motifs is 1. The lowest BCUT2D eigenvalue weighted by Gasteiger charge is -2.12. The first-order valence-electron chi connectivity index (χ1n) is 8.77. The molecule has 1 aromatic carbocycles. The highest BCUT2D eigenvalue weighted by atomic mass is 16.4. The molecule has 0 radical (unpaired) electrons. The molecule has 0 atom stereocenters. The molecule has 0 aliphatic rings. The van der Waals surface area contributed by atoms with E-state index in [4.69, 9.17) is 0 Å². The molecule has 3 rings (SSSR count). The van der Waals surface area contributed by atoms with Gasteiger partial charge in [0.2, 0.25) is 0 Å². The smallest absolute Gasteiger partial charge is 0.353 e. The second-order valence-corrected chi connectivity index (χ2v) is 7.15. The van der Waals surface area contributed by atoms with Crippen LogP contribution in [0.2, 0.25) is 0 Å². The van der Waals surface area contributed by atoms with Crippen molar-refractivity contribution in [3.8, 4) is 0 Å². The van der Waals surface area contributed by atoms with E-state index < -0.39 is 17.2 Å².